The van der Waals surface area contributed by atoms with E-state index in [1.54, 1.807) is 39.8 Å². The van der Waals surface area contributed by atoms with Crippen LogP contribution in [0.3, 0.4) is 0 Å². The van der Waals surface area contributed by atoms with Crippen molar-refractivity contribution in [3.63, 3.8) is 0 Å². The van der Waals surface area contributed by atoms with Crippen LogP contribution in [0, 0.1) is 27.7 Å². The quantitative estimate of drug-likeness (QED) is 0.650. The van der Waals surface area contributed by atoms with E-state index >= 15 is 0 Å². The highest BCUT2D eigenvalue weighted by molar-refractivity contribution is 7.92. The average Bonchev–Trinajstić information content (AvgIpc) is 3.04. The second-order valence-corrected chi connectivity index (χ2v) is 7.98. The van der Waals surface area contributed by atoms with Crippen molar-refractivity contribution in [1.82, 2.24) is 19.6 Å². The van der Waals surface area contributed by atoms with Gasteiger partial charge in [0.25, 0.3) is 21.0 Å². The van der Waals surface area contributed by atoms with Gasteiger partial charge >= 0.3 is 5.97 Å². The molecule has 0 saturated carbocycles. The molecule has 148 valence electrons. The van der Waals surface area contributed by atoms with Gasteiger partial charge in [-0.1, -0.05) is 6.07 Å². The Labute approximate surface area is 162 Å². The Morgan fingerprint density at radius 3 is 2.57 bits per heavy atom. The lowest BCUT2D eigenvalue weighted by atomic mass is 10.0. The first-order valence-electron chi connectivity index (χ1n) is 8.65. The van der Waals surface area contributed by atoms with Gasteiger partial charge in [0.15, 0.2) is 0 Å². The fourth-order valence-electron chi connectivity index (χ4n) is 2.77. The zero-order valence-corrected chi connectivity index (χ0v) is 17.1. The first-order chi connectivity index (χ1) is 13.1. The second-order valence-electron chi connectivity index (χ2n) is 6.40. The predicted molar refractivity (Wildman–Crippen MR) is 103 cm³/mol. The zero-order chi connectivity index (χ0) is 20.6. The molecule has 0 radical (unpaired) electrons. The van der Waals surface area contributed by atoms with Crippen LogP contribution >= 0.6 is 0 Å². The number of nitrogens with zero attached hydrogens (tertiary/aromatic N) is 4. The van der Waals surface area contributed by atoms with Crippen molar-refractivity contribution in [1.29, 1.82) is 0 Å². The first kappa shape index (κ1) is 19.7. The van der Waals surface area contributed by atoms with E-state index in [1.165, 1.54) is 10.6 Å². The van der Waals surface area contributed by atoms with Crippen LogP contribution < -0.4 is 4.72 Å². The number of sulfonamides is 1. The van der Waals surface area contributed by atoms with Crippen LogP contribution in [0.5, 0.6) is 0 Å². The standard InChI is InChI=1S/C18H21N5O4S/c1-6-27-16(24)14-8-7-10(2)13(5)15(14)22-28(25,26)18-20-17-19-11(3)9-12(4)23(17)21-18/h7-9,22H,6H2,1-5H3. The van der Waals surface area contributed by atoms with Crippen molar-refractivity contribution >= 4 is 27.5 Å². The van der Waals surface area contributed by atoms with Crippen LogP contribution in [0.15, 0.2) is 23.4 Å². The van der Waals surface area contributed by atoms with Crippen molar-refractivity contribution in [2.75, 3.05) is 11.3 Å². The molecule has 0 spiro atoms. The molecule has 28 heavy (non-hydrogen) atoms. The van der Waals surface area contributed by atoms with Crippen LogP contribution in [-0.2, 0) is 14.8 Å². The van der Waals surface area contributed by atoms with Gasteiger partial charge in [-0.3, -0.25) is 4.72 Å². The predicted octanol–water partition coefficient (Wildman–Crippen LogP) is 2.34. The van der Waals surface area contributed by atoms with Crippen LogP contribution in [-0.4, -0.2) is 40.6 Å². The normalized spacial score (nSPS) is 11.6. The number of ether oxygens (including phenoxy) is 1. The number of hydrogen-bond donors (Lipinski definition) is 1. The first-order valence-corrected chi connectivity index (χ1v) is 10.1. The van der Waals surface area contributed by atoms with Gasteiger partial charge in [0.05, 0.1) is 17.9 Å². The summed E-state index contributed by atoms with van der Waals surface area (Å²) >= 11 is 0. The fraction of sp³-hybridized carbons (Fsp3) is 0.333. The maximum Gasteiger partial charge on any atom is 0.340 e. The van der Waals surface area contributed by atoms with Crippen LogP contribution in [0.25, 0.3) is 5.78 Å². The summed E-state index contributed by atoms with van der Waals surface area (Å²) in [5, 5.41) is 3.63. The molecule has 0 atom stereocenters. The number of carbonyl (C=O) groups is 1. The van der Waals surface area contributed by atoms with Gasteiger partial charge in [-0.15, -0.1) is 5.10 Å². The molecule has 0 unspecified atom stereocenters. The molecule has 0 aliphatic carbocycles. The molecule has 0 fully saturated rings. The Morgan fingerprint density at radius 1 is 1.18 bits per heavy atom. The molecule has 1 aromatic carbocycles. The third kappa shape index (κ3) is 3.55. The summed E-state index contributed by atoms with van der Waals surface area (Å²) in [5.41, 5.74) is 3.12. The summed E-state index contributed by atoms with van der Waals surface area (Å²) < 4.78 is 34.7. The summed E-state index contributed by atoms with van der Waals surface area (Å²) in [6.07, 6.45) is 0. The molecule has 2 aromatic heterocycles. The molecule has 10 heteroatoms. The maximum atomic E-state index is 12.9. The molecule has 9 nitrogen and oxygen atoms in total. The molecule has 3 aromatic rings. The Balaban J connectivity index is 2.09. The minimum absolute atomic E-state index is 0.127. The minimum atomic E-state index is -4.16. The van der Waals surface area contributed by atoms with Crippen molar-refractivity contribution in [3.8, 4) is 0 Å². The summed E-state index contributed by atoms with van der Waals surface area (Å²) in [6, 6.07) is 5.04. The van der Waals surface area contributed by atoms with E-state index in [2.05, 4.69) is 19.8 Å². The van der Waals surface area contributed by atoms with Gasteiger partial charge in [0.2, 0.25) is 0 Å². The average molecular weight is 403 g/mol. The van der Waals surface area contributed by atoms with Gasteiger partial charge in [0, 0.05) is 11.4 Å². The SMILES string of the molecule is CCOC(=O)c1ccc(C)c(C)c1NS(=O)(=O)c1nc2nc(C)cc(C)n2n1. The number of nitrogens with one attached hydrogen (secondary N) is 1. The Hall–Kier alpha value is -3.01. The topological polar surface area (TPSA) is 116 Å². The van der Waals surface area contributed by atoms with Gasteiger partial charge in [-0.2, -0.15) is 13.4 Å². The Morgan fingerprint density at radius 2 is 1.89 bits per heavy atom. The summed E-state index contributed by atoms with van der Waals surface area (Å²) in [5.74, 6) is -0.427. The third-order valence-corrected chi connectivity index (χ3v) is 5.43. The summed E-state index contributed by atoms with van der Waals surface area (Å²) in [4.78, 5) is 20.5. The molecule has 0 amide bonds. The number of benzene rings is 1. The molecule has 0 aliphatic heterocycles. The van der Waals surface area contributed by atoms with E-state index in [-0.39, 0.29) is 23.6 Å². The van der Waals surface area contributed by atoms with Gasteiger partial charge < -0.3 is 4.74 Å². The number of esters is 1. The van der Waals surface area contributed by atoms with Gasteiger partial charge in [0.1, 0.15) is 0 Å². The van der Waals surface area contributed by atoms with Crippen molar-refractivity contribution < 1.29 is 17.9 Å². The number of aryl methyl sites for hydroxylation is 3. The molecule has 0 aliphatic rings. The van der Waals surface area contributed by atoms with Gasteiger partial charge in [-0.05, 0) is 57.9 Å². The number of aromatic nitrogens is 4. The lowest BCUT2D eigenvalue weighted by Gasteiger charge is -2.15. The fourth-order valence-corrected chi connectivity index (χ4v) is 3.78. The molecule has 1 N–H and O–H groups in total. The number of anilines is 1. The molecule has 0 bridgehead atoms. The second kappa shape index (κ2) is 7.19. The molecular formula is C18H21N5O4S. The van der Waals surface area contributed by atoms with E-state index < -0.39 is 21.1 Å². The lowest BCUT2D eigenvalue weighted by Crippen LogP contribution is -2.19. The van der Waals surface area contributed by atoms with E-state index in [1.807, 2.05) is 6.92 Å². The number of fused-ring (bicyclic) bond motifs is 1. The highest BCUT2D eigenvalue weighted by Crippen LogP contribution is 2.27. The molecule has 0 saturated heterocycles. The Kier molecular flexibility index (Phi) is 5.07. The smallest absolute Gasteiger partial charge is 0.340 e. The largest absolute Gasteiger partial charge is 0.462 e. The molecular weight excluding hydrogens is 382 g/mol. The number of carbonyl (C=O) groups excluding carboxylic acids is 1. The van der Waals surface area contributed by atoms with E-state index in [9.17, 15) is 13.2 Å². The number of hydrogen-bond acceptors (Lipinski definition) is 7. The van der Waals surface area contributed by atoms with E-state index in [0.717, 1.165) is 5.56 Å². The van der Waals surface area contributed by atoms with E-state index in [4.69, 9.17) is 4.74 Å². The van der Waals surface area contributed by atoms with Crippen LogP contribution in [0.1, 0.15) is 39.8 Å². The minimum Gasteiger partial charge on any atom is -0.462 e. The maximum absolute atomic E-state index is 12.9. The lowest BCUT2D eigenvalue weighted by molar-refractivity contribution is 0.0527. The summed E-state index contributed by atoms with van der Waals surface area (Å²) in [6.45, 7) is 8.97. The molecule has 2 heterocycles. The van der Waals surface area contributed by atoms with Crippen molar-refractivity contribution in [3.05, 3.63) is 46.3 Å². The highest BCUT2D eigenvalue weighted by Gasteiger charge is 2.26. The van der Waals surface area contributed by atoms with Crippen molar-refractivity contribution in [2.45, 2.75) is 39.8 Å². The summed E-state index contributed by atoms with van der Waals surface area (Å²) in [7, 11) is -4.16. The van der Waals surface area contributed by atoms with Crippen molar-refractivity contribution in [2.24, 2.45) is 0 Å². The van der Waals surface area contributed by atoms with Crippen LogP contribution in [0.4, 0.5) is 5.69 Å². The Bertz CT molecular complexity index is 1180. The zero-order valence-electron chi connectivity index (χ0n) is 16.3. The molecule has 3 rings (SSSR count). The van der Waals surface area contributed by atoms with Gasteiger partial charge in [-0.25, -0.2) is 14.3 Å². The van der Waals surface area contributed by atoms with Crippen LogP contribution in [0.2, 0.25) is 0 Å². The van der Waals surface area contributed by atoms with E-state index in [0.29, 0.717) is 17.0 Å². The highest BCUT2D eigenvalue weighted by atomic mass is 32.2. The number of rotatable bonds is 5. The third-order valence-electron chi connectivity index (χ3n) is 4.31. The monoisotopic (exact) mass is 403 g/mol.